The highest BCUT2D eigenvalue weighted by molar-refractivity contribution is 14.1. The van der Waals surface area contributed by atoms with Crippen molar-refractivity contribution in [2.75, 3.05) is 26.1 Å². The first kappa shape index (κ1) is 13.6. The number of hydrogen-bond acceptors (Lipinski definition) is 4. The summed E-state index contributed by atoms with van der Waals surface area (Å²) in [6, 6.07) is 0. The molecule has 1 aromatic rings. The molecule has 0 saturated heterocycles. The molecule has 1 heterocycles. The van der Waals surface area contributed by atoms with Crippen molar-refractivity contribution < 1.29 is 4.74 Å². The topological polar surface area (TPSA) is 47.0 Å². The summed E-state index contributed by atoms with van der Waals surface area (Å²) in [5, 5.41) is 3.11. The van der Waals surface area contributed by atoms with E-state index < -0.39 is 0 Å². The third-order valence-electron chi connectivity index (χ3n) is 2.22. The van der Waals surface area contributed by atoms with E-state index >= 15 is 0 Å². The first-order valence-electron chi connectivity index (χ1n) is 5.44. The quantitative estimate of drug-likeness (QED) is 0.810. The van der Waals surface area contributed by atoms with Crippen LogP contribution in [0.5, 0.6) is 0 Å². The molecule has 0 spiro atoms. The third kappa shape index (κ3) is 3.55. The van der Waals surface area contributed by atoms with Crippen molar-refractivity contribution in [3.05, 3.63) is 15.1 Å². The summed E-state index contributed by atoms with van der Waals surface area (Å²) in [7, 11) is 3.58. The molecular formula is C11H18IN3O. The van der Waals surface area contributed by atoms with E-state index in [9.17, 15) is 0 Å². The number of rotatable bonds is 6. The Morgan fingerprint density at radius 3 is 2.62 bits per heavy atom. The number of nitrogens with one attached hydrogen (secondary N) is 1. The van der Waals surface area contributed by atoms with Crippen molar-refractivity contribution in [3.63, 3.8) is 0 Å². The number of aryl methyl sites for hydroxylation is 1. The van der Waals surface area contributed by atoms with Crippen molar-refractivity contribution in [2.45, 2.75) is 26.2 Å². The molecule has 0 unspecified atom stereocenters. The van der Waals surface area contributed by atoms with E-state index in [1.54, 1.807) is 7.11 Å². The average Bonchev–Trinajstić information content (AvgIpc) is 2.30. The fraction of sp³-hybridized carbons (Fsp3) is 0.636. The Balaban J connectivity index is 2.97. The van der Waals surface area contributed by atoms with Gasteiger partial charge in [-0.15, -0.1) is 0 Å². The van der Waals surface area contributed by atoms with Gasteiger partial charge in [0, 0.05) is 20.6 Å². The number of nitrogens with zero attached hydrogens (tertiary/aromatic N) is 2. The second-order valence-corrected chi connectivity index (χ2v) is 4.57. The van der Waals surface area contributed by atoms with Gasteiger partial charge >= 0.3 is 0 Å². The third-order valence-corrected chi connectivity index (χ3v) is 3.35. The van der Waals surface area contributed by atoms with Crippen molar-refractivity contribution in [1.29, 1.82) is 0 Å². The molecule has 0 aliphatic heterocycles. The molecular weight excluding hydrogens is 317 g/mol. The molecule has 4 nitrogen and oxygen atoms in total. The van der Waals surface area contributed by atoms with Crippen molar-refractivity contribution in [3.8, 4) is 0 Å². The van der Waals surface area contributed by atoms with Crippen molar-refractivity contribution in [2.24, 2.45) is 0 Å². The molecule has 5 heteroatoms. The van der Waals surface area contributed by atoms with Gasteiger partial charge in [-0.25, -0.2) is 9.97 Å². The number of hydrogen-bond donors (Lipinski definition) is 1. The minimum Gasteiger partial charge on any atom is -0.384 e. The first-order valence-corrected chi connectivity index (χ1v) is 6.52. The molecule has 0 aliphatic rings. The Morgan fingerprint density at radius 2 is 2.06 bits per heavy atom. The maximum Gasteiger partial charge on any atom is 0.143 e. The zero-order chi connectivity index (χ0) is 12.0. The standard InChI is InChI=1S/C11H18IN3O/c1-4-5-8-10(12)11(13-2)15-9(14-8)6-7-16-3/h4-7H2,1-3H3,(H,13,14,15). The van der Waals surface area contributed by atoms with Gasteiger partial charge in [-0.2, -0.15) is 0 Å². The smallest absolute Gasteiger partial charge is 0.143 e. The summed E-state index contributed by atoms with van der Waals surface area (Å²) >= 11 is 2.30. The van der Waals surface area contributed by atoms with E-state index in [-0.39, 0.29) is 0 Å². The van der Waals surface area contributed by atoms with Crippen LogP contribution < -0.4 is 5.32 Å². The summed E-state index contributed by atoms with van der Waals surface area (Å²) in [5.41, 5.74) is 1.13. The summed E-state index contributed by atoms with van der Waals surface area (Å²) in [5.74, 6) is 1.78. The Bertz CT molecular complexity index is 344. The summed E-state index contributed by atoms with van der Waals surface area (Å²) < 4.78 is 6.17. The van der Waals surface area contributed by atoms with Gasteiger partial charge in [-0.05, 0) is 29.0 Å². The molecule has 1 aromatic heterocycles. The second kappa shape index (κ2) is 7.01. The molecule has 1 N–H and O–H groups in total. The molecule has 90 valence electrons. The van der Waals surface area contributed by atoms with Gasteiger partial charge < -0.3 is 10.1 Å². The zero-order valence-corrected chi connectivity index (χ0v) is 12.2. The van der Waals surface area contributed by atoms with Crippen LogP contribution in [-0.4, -0.2) is 30.7 Å². The monoisotopic (exact) mass is 335 g/mol. The Morgan fingerprint density at radius 1 is 1.31 bits per heavy atom. The SMILES string of the molecule is CCCc1nc(CCOC)nc(NC)c1I. The highest BCUT2D eigenvalue weighted by atomic mass is 127. The number of halogens is 1. The molecule has 0 aliphatic carbocycles. The van der Waals surface area contributed by atoms with Crippen molar-refractivity contribution in [1.82, 2.24) is 9.97 Å². The lowest BCUT2D eigenvalue weighted by Gasteiger charge is -2.10. The van der Waals surface area contributed by atoms with Crippen LogP contribution in [0.2, 0.25) is 0 Å². The van der Waals surface area contributed by atoms with Gasteiger partial charge in [0.15, 0.2) is 0 Å². The van der Waals surface area contributed by atoms with Crippen molar-refractivity contribution >= 4 is 28.4 Å². The fourth-order valence-electron chi connectivity index (χ4n) is 1.42. The van der Waals surface area contributed by atoms with E-state index in [1.807, 2.05) is 7.05 Å². The van der Waals surface area contributed by atoms with Crippen LogP contribution in [0.1, 0.15) is 24.9 Å². The Kier molecular flexibility index (Phi) is 5.97. The lowest BCUT2D eigenvalue weighted by Crippen LogP contribution is -2.09. The molecule has 16 heavy (non-hydrogen) atoms. The van der Waals surface area contributed by atoms with Crippen LogP contribution in [0.15, 0.2) is 0 Å². The lowest BCUT2D eigenvalue weighted by atomic mass is 10.2. The van der Waals surface area contributed by atoms with E-state index in [2.05, 4.69) is 44.8 Å². The van der Waals surface area contributed by atoms with E-state index in [4.69, 9.17) is 4.74 Å². The van der Waals surface area contributed by atoms with E-state index in [1.165, 1.54) is 0 Å². The van der Waals surface area contributed by atoms with Gasteiger partial charge in [-0.3, -0.25) is 0 Å². The summed E-state index contributed by atoms with van der Waals surface area (Å²) in [6.07, 6.45) is 2.86. The van der Waals surface area contributed by atoms with E-state index in [0.29, 0.717) is 6.61 Å². The number of ether oxygens (including phenoxy) is 1. The Hall–Kier alpha value is -0.430. The minimum atomic E-state index is 0.662. The Labute approximate surface area is 110 Å². The maximum atomic E-state index is 5.05. The van der Waals surface area contributed by atoms with Crippen LogP contribution >= 0.6 is 22.6 Å². The molecule has 0 atom stereocenters. The minimum absolute atomic E-state index is 0.662. The normalized spacial score (nSPS) is 10.5. The highest BCUT2D eigenvalue weighted by Gasteiger charge is 2.10. The molecule has 0 radical (unpaired) electrons. The maximum absolute atomic E-state index is 5.05. The van der Waals surface area contributed by atoms with Crippen LogP contribution in [0.4, 0.5) is 5.82 Å². The van der Waals surface area contributed by atoms with Gasteiger partial charge in [0.25, 0.3) is 0 Å². The van der Waals surface area contributed by atoms with Crippen LogP contribution in [0.3, 0.4) is 0 Å². The highest BCUT2D eigenvalue weighted by Crippen LogP contribution is 2.20. The number of methoxy groups -OCH3 is 1. The molecule has 0 amide bonds. The first-order chi connectivity index (χ1) is 7.72. The predicted molar refractivity (Wildman–Crippen MR) is 73.9 cm³/mol. The van der Waals surface area contributed by atoms with Gasteiger partial charge in [0.1, 0.15) is 11.6 Å². The fourth-order valence-corrected chi connectivity index (χ4v) is 2.20. The predicted octanol–water partition coefficient (Wildman–Crippen LogP) is 2.26. The van der Waals surface area contributed by atoms with Gasteiger partial charge in [0.05, 0.1) is 15.9 Å². The zero-order valence-electron chi connectivity index (χ0n) is 10.0. The second-order valence-electron chi connectivity index (χ2n) is 3.49. The molecule has 0 fully saturated rings. The van der Waals surface area contributed by atoms with Gasteiger partial charge in [-0.1, -0.05) is 13.3 Å². The largest absolute Gasteiger partial charge is 0.384 e. The average molecular weight is 335 g/mol. The van der Waals surface area contributed by atoms with Crippen LogP contribution in [0.25, 0.3) is 0 Å². The molecule has 1 rings (SSSR count). The van der Waals surface area contributed by atoms with Crippen LogP contribution in [-0.2, 0) is 17.6 Å². The number of anilines is 1. The van der Waals surface area contributed by atoms with Gasteiger partial charge in [0.2, 0.25) is 0 Å². The summed E-state index contributed by atoms with van der Waals surface area (Å²) in [6.45, 7) is 2.82. The number of aromatic nitrogens is 2. The molecule has 0 aromatic carbocycles. The summed E-state index contributed by atoms with van der Waals surface area (Å²) in [4.78, 5) is 9.03. The molecule has 0 saturated carbocycles. The van der Waals surface area contributed by atoms with Crippen LogP contribution in [0, 0.1) is 3.57 Å². The van der Waals surface area contributed by atoms with E-state index in [0.717, 1.165) is 40.2 Å². The lowest BCUT2D eigenvalue weighted by molar-refractivity contribution is 0.200. The molecule has 0 bridgehead atoms.